The first-order valence-corrected chi connectivity index (χ1v) is 30.9. The first kappa shape index (κ1) is 50.8. The number of carbonyl (C=O) groups is 2. The summed E-state index contributed by atoms with van der Waals surface area (Å²) in [5.74, 6) is 7.45. The van der Waals surface area contributed by atoms with Gasteiger partial charge in [0.05, 0.1) is 29.3 Å². The van der Waals surface area contributed by atoms with Gasteiger partial charge in [-0.2, -0.15) is 0 Å². The van der Waals surface area contributed by atoms with Crippen molar-refractivity contribution in [2.45, 2.75) is 209 Å². The highest BCUT2D eigenvalue weighted by atomic mass is 16.5. The molecule has 15 rings (SSSR count). The largest absolute Gasteiger partial charge is 0.454 e. The van der Waals surface area contributed by atoms with E-state index in [0.29, 0.717) is 81.5 Å². The Labute approximate surface area is 452 Å². The Morgan fingerprint density at radius 2 is 1.61 bits per heavy atom. The van der Waals surface area contributed by atoms with Crippen LogP contribution in [-0.2, 0) is 27.4 Å². The Balaban J connectivity index is 0.943. The molecule has 3 spiro atoms. The summed E-state index contributed by atoms with van der Waals surface area (Å²) in [7, 11) is 1.98. The van der Waals surface area contributed by atoms with Crippen LogP contribution in [0.5, 0.6) is 0 Å². The predicted molar refractivity (Wildman–Crippen MR) is 290 cm³/mol. The van der Waals surface area contributed by atoms with Gasteiger partial charge < -0.3 is 40.4 Å². The number of nitrogens with one attached hydrogen (secondary N) is 1. The Bertz CT molecular complexity index is 2720. The number of rotatable bonds is 6. The molecule has 0 aromatic heterocycles. The molecule has 9 heteroatoms. The molecule has 9 nitrogen and oxygen atoms in total. The van der Waals surface area contributed by atoms with E-state index >= 15 is 15.0 Å². The molecule has 1 heterocycles. The summed E-state index contributed by atoms with van der Waals surface area (Å²) in [5, 5.41) is 72.9. The van der Waals surface area contributed by atoms with Gasteiger partial charge in [-0.05, 0) is 204 Å². The van der Waals surface area contributed by atoms with Gasteiger partial charge in [0, 0.05) is 51.7 Å². The van der Waals surface area contributed by atoms with Gasteiger partial charge in [-0.25, -0.2) is 4.79 Å². The highest BCUT2D eigenvalue weighted by Crippen LogP contribution is 2.81. The highest BCUT2D eigenvalue weighted by molar-refractivity contribution is 5.86. The van der Waals surface area contributed by atoms with E-state index in [1.807, 2.05) is 19.2 Å². The standard InChI is InChI=1S/C67H87NO8/c1-40(41-11-6-7-12-41)44-17-20-54-60(72)62(27-22-46-29-45(18-19-53(46)62)42-13-4-3-5-14-42)38-64(39-70)56-23-28-63-37-61(24-8-9-25-61)26-21-43-15-10-16-47(36-69)50(43)32-55(68-2)51-31-48(58(63)52-33-57(71)76-59(51)52)34-66(63,74)65(56,73)35-49(30-44)67(54,64)75/h3-5,10,13-16,33,39-41,44-46,48-49,51,53-56,58-60,68-69,72-75H,6-9,11-12,17-20,22-25,27-32,34-38H2,1-2H3/t40-,44+,45+,46-,48+,49+,51+,53-,54+,55-,56+,58+,59+,60+,62+,63-,64-,65-,66+,67-/m0/s1. The summed E-state index contributed by atoms with van der Waals surface area (Å²) in [4.78, 5) is 29.5. The van der Waals surface area contributed by atoms with Crippen molar-refractivity contribution in [1.29, 1.82) is 0 Å². The van der Waals surface area contributed by atoms with Crippen molar-refractivity contribution < 1.29 is 39.9 Å². The van der Waals surface area contributed by atoms with Crippen molar-refractivity contribution in [2.75, 3.05) is 7.05 Å². The molecule has 13 aliphatic rings. The van der Waals surface area contributed by atoms with Crippen molar-refractivity contribution in [3.63, 3.8) is 0 Å². The molecule has 2 aromatic rings. The zero-order valence-corrected chi connectivity index (χ0v) is 45.6. The molecule has 12 aliphatic carbocycles. The monoisotopic (exact) mass is 1030 g/mol. The Hall–Kier alpha value is -3.36. The lowest BCUT2D eigenvalue weighted by Gasteiger charge is -2.74. The third-order valence-corrected chi connectivity index (χ3v) is 26.4. The molecule has 0 saturated heterocycles. The van der Waals surface area contributed by atoms with Crippen LogP contribution in [0.2, 0.25) is 0 Å². The summed E-state index contributed by atoms with van der Waals surface area (Å²) >= 11 is 0. The smallest absolute Gasteiger partial charge is 0.331 e. The summed E-state index contributed by atoms with van der Waals surface area (Å²) in [5.41, 5.74) is -3.25. The van der Waals surface area contributed by atoms with Gasteiger partial charge >= 0.3 is 5.97 Å². The number of hydrogen-bond acceptors (Lipinski definition) is 9. The lowest BCUT2D eigenvalue weighted by molar-refractivity contribution is -0.358. The number of ether oxygens (including phenoxy) is 1. The molecule has 10 saturated carbocycles. The Kier molecular flexibility index (Phi) is 12.1. The van der Waals surface area contributed by atoms with Crippen molar-refractivity contribution >= 4 is 12.3 Å². The number of carbonyl (C=O) groups excluding carboxylic acids is 2. The van der Waals surface area contributed by atoms with E-state index in [1.165, 1.54) is 31.2 Å². The second-order valence-corrected chi connectivity index (χ2v) is 28.6. The Morgan fingerprint density at radius 1 is 0.816 bits per heavy atom. The molecule has 20 atom stereocenters. The maximum absolute atomic E-state index is 15.5. The van der Waals surface area contributed by atoms with Crippen molar-refractivity contribution in [3.8, 4) is 11.8 Å². The molecular weight excluding hydrogens is 947 g/mol. The van der Waals surface area contributed by atoms with Crippen LogP contribution in [0.15, 0.2) is 60.2 Å². The first-order chi connectivity index (χ1) is 36.7. The molecule has 0 radical (unpaired) electrons. The average molecular weight is 1030 g/mol. The molecule has 0 unspecified atom stereocenters. The maximum Gasteiger partial charge on any atom is 0.331 e. The van der Waals surface area contributed by atoms with Gasteiger partial charge in [0.25, 0.3) is 0 Å². The minimum Gasteiger partial charge on any atom is -0.454 e. The fraction of sp³-hybridized carbons (Fsp3) is 0.731. The zero-order valence-electron chi connectivity index (χ0n) is 45.6. The molecule has 6 N–H and O–H groups in total. The second kappa shape index (κ2) is 18.1. The number of aldehydes is 1. The van der Waals surface area contributed by atoms with Crippen LogP contribution in [0.4, 0.5) is 0 Å². The van der Waals surface area contributed by atoms with Gasteiger partial charge in [0.1, 0.15) is 18.0 Å². The fourth-order valence-corrected chi connectivity index (χ4v) is 23.5. The molecule has 76 heavy (non-hydrogen) atoms. The average Bonchev–Trinajstić information content (AvgIpc) is 3.79. The SMILES string of the molecule is CN[C@H]1Cc2c(cccc2CO)C#CC2(CCCC2)C[C@]23CC[C@H]4[C@@](O)(C[C@H]5C[C@H]([C@@H](C)C6CCCC6)CC[C@@H]6[C@@H](O)[C@]7(CC[C@H]8C[C@H](c9ccccc9)CC[C@@H]87)C[C@@]4(C=O)[C@]56O)[C@@]2(O)C[C@H]2C[C@H]1[C@H]1OC(=O)C=C1[C@@H]23. The van der Waals surface area contributed by atoms with Gasteiger partial charge in [-0.15, -0.1) is 0 Å². The maximum atomic E-state index is 15.5. The van der Waals surface area contributed by atoms with E-state index in [2.05, 4.69) is 60.5 Å². The lowest BCUT2D eigenvalue weighted by Crippen LogP contribution is -2.82. The molecule has 2 aromatic carbocycles. The van der Waals surface area contributed by atoms with E-state index in [4.69, 9.17) is 4.74 Å². The van der Waals surface area contributed by atoms with Gasteiger partial charge in [-0.1, -0.05) is 99.8 Å². The Morgan fingerprint density at radius 3 is 2.37 bits per heavy atom. The van der Waals surface area contributed by atoms with E-state index < -0.39 is 68.4 Å². The third-order valence-electron chi connectivity index (χ3n) is 26.4. The van der Waals surface area contributed by atoms with Crippen LogP contribution in [0.25, 0.3) is 0 Å². The molecular formula is C67H87NO8. The van der Waals surface area contributed by atoms with E-state index in [-0.39, 0.29) is 54.6 Å². The van der Waals surface area contributed by atoms with Crippen molar-refractivity contribution in [1.82, 2.24) is 5.32 Å². The summed E-state index contributed by atoms with van der Waals surface area (Å²) in [6.45, 7) is 2.33. The highest BCUT2D eigenvalue weighted by Gasteiger charge is 2.85. The van der Waals surface area contributed by atoms with Gasteiger partial charge in [-0.3, -0.25) is 0 Å². The fourth-order valence-electron chi connectivity index (χ4n) is 23.5. The molecule has 10 fully saturated rings. The van der Waals surface area contributed by atoms with Crippen LogP contribution >= 0.6 is 0 Å². The van der Waals surface area contributed by atoms with Crippen LogP contribution in [0, 0.1) is 98.6 Å². The van der Waals surface area contributed by atoms with E-state index in [0.717, 1.165) is 92.8 Å². The van der Waals surface area contributed by atoms with Crippen molar-refractivity contribution in [2.24, 2.45) is 86.8 Å². The normalized spacial score (nSPS) is 48.0. The minimum atomic E-state index is -1.76. The number of hydrogen-bond donors (Lipinski definition) is 6. The van der Waals surface area contributed by atoms with Crippen LogP contribution in [-0.4, -0.2) is 79.9 Å². The second-order valence-electron chi connectivity index (χ2n) is 28.6. The number of aliphatic hydroxyl groups excluding tert-OH is 2. The van der Waals surface area contributed by atoms with E-state index in [1.54, 1.807) is 6.08 Å². The van der Waals surface area contributed by atoms with E-state index in [9.17, 15) is 20.1 Å². The zero-order chi connectivity index (χ0) is 52.2. The molecule has 1 aliphatic heterocycles. The third kappa shape index (κ3) is 6.79. The van der Waals surface area contributed by atoms with Gasteiger partial charge in [0.2, 0.25) is 0 Å². The lowest BCUT2D eigenvalue weighted by atomic mass is 9.32. The van der Waals surface area contributed by atoms with Crippen molar-refractivity contribution in [3.05, 3.63) is 82.4 Å². The first-order valence-electron chi connectivity index (χ1n) is 30.9. The van der Waals surface area contributed by atoms with Gasteiger partial charge in [0.15, 0.2) is 0 Å². The summed E-state index contributed by atoms with van der Waals surface area (Å²) < 4.78 is 6.49. The number of esters is 1. The molecule has 0 amide bonds. The van der Waals surface area contributed by atoms with Crippen LogP contribution in [0.3, 0.4) is 0 Å². The summed E-state index contributed by atoms with van der Waals surface area (Å²) in [6, 6.07) is 16.9. The molecule has 408 valence electrons. The summed E-state index contributed by atoms with van der Waals surface area (Å²) in [6.07, 6.45) is 21.1. The van der Waals surface area contributed by atoms with Crippen LogP contribution in [0.1, 0.15) is 183 Å². The minimum absolute atomic E-state index is 0.0923. The quantitative estimate of drug-likeness (QED) is 0.0942. The van der Waals surface area contributed by atoms with Crippen LogP contribution < -0.4 is 5.32 Å². The topological polar surface area (TPSA) is 157 Å². The number of likely N-dealkylation sites (N-methyl/N-ethyl adjacent to an activating group) is 1. The number of benzene rings is 2. The number of aliphatic hydroxyl groups is 5. The molecule has 4 bridgehead atoms. The predicted octanol–water partition coefficient (Wildman–Crippen LogP) is 9.92. The number of fused-ring (bicyclic) bond motifs is 6.